The van der Waals surface area contributed by atoms with Crippen molar-refractivity contribution in [2.45, 2.75) is 39.7 Å². The van der Waals surface area contributed by atoms with E-state index in [1.54, 1.807) is 4.90 Å². The summed E-state index contributed by atoms with van der Waals surface area (Å²) < 4.78 is 0. The molecule has 0 amide bonds. The number of aromatic nitrogens is 1. The van der Waals surface area contributed by atoms with Crippen molar-refractivity contribution in [2.75, 3.05) is 13.1 Å². The van der Waals surface area contributed by atoms with Crippen molar-refractivity contribution < 1.29 is 4.90 Å². The van der Waals surface area contributed by atoms with E-state index >= 15 is 0 Å². The van der Waals surface area contributed by atoms with Gasteiger partial charge in [0.05, 0.1) is 18.7 Å². The fraction of sp³-hybridized carbons (Fsp3) is 0.471. The van der Waals surface area contributed by atoms with Gasteiger partial charge in [0.1, 0.15) is 6.54 Å². The van der Waals surface area contributed by atoms with E-state index in [1.807, 2.05) is 32.0 Å². The Balaban J connectivity index is 2.03. The number of pyridine rings is 1. The first-order chi connectivity index (χ1) is 9.65. The highest BCUT2D eigenvalue weighted by Gasteiger charge is 2.18. The van der Waals surface area contributed by atoms with Gasteiger partial charge in [-0.05, 0) is 45.2 Å². The minimum atomic E-state index is 0.220. The molecule has 1 aromatic heterocycles. The number of piperidine rings is 1. The van der Waals surface area contributed by atoms with Gasteiger partial charge in [-0.25, -0.2) is 0 Å². The number of H-pyrrole nitrogens is 1. The molecule has 2 heterocycles. The van der Waals surface area contributed by atoms with E-state index in [0.29, 0.717) is 0 Å². The lowest BCUT2D eigenvalue weighted by molar-refractivity contribution is -0.918. The summed E-state index contributed by atoms with van der Waals surface area (Å²) in [7, 11) is 0. The van der Waals surface area contributed by atoms with Gasteiger partial charge in [-0.1, -0.05) is 11.6 Å². The topological polar surface area (TPSA) is 37.3 Å². The lowest BCUT2D eigenvalue weighted by Crippen LogP contribution is -3.11. The predicted molar refractivity (Wildman–Crippen MR) is 82.3 cm³/mol. The molecular weight excluding hydrogens is 248 g/mol. The highest BCUT2D eigenvalue weighted by molar-refractivity contribution is 5.80. The van der Waals surface area contributed by atoms with Crippen LogP contribution in [0.1, 0.15) is 36.1 Å². The standard InChI is InChI=1S/C17H22N2O/c1-12-6-7-16-14(10-12)17(20)15(13(2)18-16)11-19-8-4-3-5-9-19/h6-7,10H,3-5,8-9,11H2,1-2H3,(H,18,20)/p+1. The van der Waals surface area contributed by atoms with Crippen molar-refractivity contribution in [1.82, 2.24) is 4.98 Å². The molecular formula is C17H23N2O+. The van der Waals surface area contributed by atoms with Crippen molar-refractivity contribution in [3.05, 3.63) is 45.2 Å². The molecule has 3 nitrogen and oxygen atoms in total. The fourth-order valence-corrected chi connectivity index (χ4v) is 3.26. The van der Waals surface area contributed by atoms with Gasteiger partial charge in [-0.15, -0.1) is 0 Å². The molecule has 0 saturated carbocycles. The normalized spacial score (nSPS) is 16.7. The van der Waals surface area contributed by atoms with E-state index < -0.39 is 0 Å². The molecule has 2 aromatic rings. The van der Waals surface area contributed by atoms with Crippen molar-refractivity contribution in [3.63, 3.8) is 0 Å². The summed E-state index contributed by atoms with van der Waals surface area (Å²) in [5, 5.41) is 0.835. The summed E-state index contributed by atoms with van der Waals surface area (Å²) in [5.74, 6) is 0. The molecule has 3 heteroatoms. The SMILES string of the molecule is Cc1ccc2[nH]c(C)c(C[NH+]3CCCCC3)c(=O)c2c1. The second-order valence-electron chi connectivity index (χ2n) is 6.09. The summed E-state index contributed by atoms with van der Waals surface area (Å²) in [4.78, 5) is 17.7. The number of benzene rings is 1. The minimum absolute atomic E-state index is 0.220. The molecule has 3 rings (SSSR count). The predicted octanol–water partition coefficient (Wildman–Crippen LogP) is 1.71. The van der Waals surface area contributed by atoms with Gasteiger partial charge in [0, 0.05) is 16.6 Å². The molecule has 0 radical (unpaired) electrons. The molecule has 1 fully saturated rings. The molecule has 106 valence electrons. The number of rotatable bonds is 2. The van der Waals surface area contributed by atoms with E-state index in [1.165, 1.54) is 32.4 Å². The molecule has 2 N–H and O–H groups in total. The number of aryl methyl sites for hydroxylation is 2. The average Bonchev–Trinajstić information content (AvgIpc) is 2.46. The first-order valence-electron chi connectivity index (χ1n) is 7.61. The Bertz CT molecular complexity index is 681. The molecule has 20 heavy (non-hydrogen) atoms. The minimum Gasteiger partial charge on any atom is -0.358 e. The number of nitrogens with one attached hydrogen (secondary N) is 2. The Kier molecular flexibility index (Phi) is 3.62. The van der Waals surface area contributed by atoms with Gasteiger partial charge < -0.3 is 9.88 Å². The smallest absolute Gasteiger partial charge is 0.198 e. The van der Waals surface area contributed by atoms with Crippen LogP contribution >= 0.6 is 0 Å². The number of aromatic amines is 1. The van der Waals surface area contributed by atoms with Crippen molar-refractivity contribution in [3.8, 4) is 0 Å². The van der Waals surface area contributed by atoms with E-state index in [2.05, 4.69) is 4.98 Å². The third-order valence-electron chi connectivity index (χ3n) is 4.46. The molecule has 0 aliphatic carbocycles. The highest BCUT2D eigenvalue weighted by atomic mass is 16.1. The molecule has 1 aliphatic rings. The van der Waals surface area contributed by atoms with Crippen LogP contribution in [0.3, 0.4) is 0 Å². The van der Waals surface area contributed by atoms with Crippen molar-refractivity contribution >= 4 is 10.9 Å². The van der Waals surface area contributed by atoms with Crippen LogP contribution < -0.4 is 10.3 Å². The van der Waals surface area contributed by atoms with E-state index in [9.17, 15) is 4.79 Å². The van der Waals surface area contributed by atoms with E-state index in [0.717, 1.165) is 34.3 Å². The fourth-order valence-electron chi connectivity index (χ4n) is 3.26. The van der Waals surface area contributed by atoms with Gasteiger partial charge >= 0.3 is 0 Å². The van der Waals surface area contributed by atoms with Crippen LogP contribution in [0.4, 0.5) is 0 Å². The van der Waals surface area contributed by atoms with E-state index in [-0.39, 0.29) is 5.43 Å². The van der Waals surface area contributed by atoms with Crippen LogP contribution in [0.25, 0.3) is 10.9 Å². The van der Waals surface area contributed by atoms with Crippen molar-refractivity contribution in [2.24, 2.45) is 0 Å². The second kappa shape index (κ2) is 5.41. The number of quaternary nitrogens is 1. The zero-order valence-electron chi connectivity index (χ0n) is 12.4. The van der Waals surface area contributed by atoms with Crippen LogP contribution in [-0.2, 0) is 6.54 Å². The van der Waals surface area contributed by atoms with Gasteiger partial charge in [-0.2, -0.15) is 0 Å². The maximum atomic E-state index is 12.7. The third-order valence-corrected chi connectivity index (χ3v) is 4.46. The number of likely N-dealkylation sites (tertiary alicyclic amines) is 1. The van der Waals surface area contributed by atoms with Crippen LogP contribution in [0, 0.1) is 13.8 Å². The lowest BCUT2D eigenvalue weighted by atomic mass is 10.0. The molecule has 1 saturated heterocycles. The lowest BCUT2D eigenvalue weighted by Gasteiger charge is -2.24. The van der Waals surface area contributed by atoms with E-state index in [4.69, 9.17) is 0 Å². The van der Waals surface area contributed by atoms with Gasteiger partial charge in [0.25, 0.3) is 0 Å². The largest absolute Gasteiger partial charge is 0.358 e. The number of hydrogen-bond acceptors (Lipinski definition) is 1. The first kappa shape index (κ1) is 13.4. The van der Waals surface area contributed by atoms with Crippen LogP contribution in [0.15, 0.2) is 23.0 Å². The second-order valence-corrected chi connectivity index (χ2v) is 6.09. The Hall–Kier alpha value is -1.61. The maximum Gasteiger partial charge on any atom is 0.198 e. The molecule has 0 atom stereocenters. The summed E-state index contributed by atoms with van der Waals surface area (Å²) in [6, 6.07) is 6.06. The van der Waals surface area contributed by atoms with Gasteiger partial charge in [0.15, 0.2) is 5.43 Å². The Morgan fingerprint density at radius 2 is 1.90 bits per heavy atom. The van der Waals surface area contributed by atoms with Crippen molar-refractivity contribution in [1.29, 1.82) is 0 Å². The Morgan fingerprint density at radius 3 is 2.65 bits per heavy atom. The quantitative estimate of drug-likeness (QED) is 0.857. The Morgan fingerprint density at radius 1 is 1.15 bits per heavy atom. The zero-order chi connectivity index (χ0) is 14.1. The summed E-state index contributed by atoms with van der Waals surface area (Å²) in [6.07, 6.45) is 3.92. The van der Waals surface area contributed by atoms with Crippen LogP contribution in [0.2, 0.25) is 0 Å². The van der Waals surface area contributed by atoms with Gasteiger partial charge in [0.2, 0.25) is 0 Å². The first-order valence-corrected chi connectivity index (χ1v) is 7.61. The molecule has 0 unspecified atom stereocenters. The molecule has 1 aromatic carbocycles. The van der Waals surface area contributed by atoms with Gasteiger partial charge in [-0.3, -0.25) is 4.79 Å². The third kappa shape index (κ3) is 2.50. The molecule has 0 spiro atoms. The highest BCUT2D eigenvalue weighted by Crippen LogP contribution is 2.13. The summed E-state index contributed by atoms with van der Waals surface area (Å²) in [6.45, 7) is 7.33. The summed E-state index contributed by atoms with van der Waals surface area (Å²) >= 11 is 0. The zero-order valence-corrected chi connectivity index (χ0v) is 12.4. The average molecular weight is 271 g/mol. The monoisotopic (exact) mass is 271 g/mol. The number of hydrogen-bond donors (Lipinski definition) is 2. The maximum absolute atomic E-state index is 12.7. The summed E-state index contributed by atoms with van der Waals surface area (Å²) in [5.41, 5.74) is 4.32. The van der Waals surface area contributed by atoms with Crippen LogP contribution in [0.5, 0.6) is 0 Å². The van der Waals surface area contributed by atoms with Crippen LogP contribution in [-0.4, -0.2) is 18.1 Å². The Labute approximate surface area is 119 Å². The molecule has 1 aliphatic heterocycles. The molecule has 0 bridgehead atoms. The number of fused-ring (bicyclic) bond motifs is 1.